The van der Waals surface area contributed by atoms with Crippen LogP contribution in [0.5, 0.6) is 0 Å². The summed E-state index contributed by atoms with van der Waals surface area (Å²) in [6.45, 7) is 2.11. The zero-order valence-corrected chi connectivity index (χ0v) is 10.2. The minimum absolute atomic E-state index is 0.0799. The molecule has 0 bridgehead atoms. The second-order valence-corrected chi connectivity index (χ2v) is 4.41. The Morgan fingerprint density at radius 2 is 2.22 bits per heavy atom. The molecular weight excluding hydrogens is 262 g/mol. The minimum atomic E-state index is -1.04. The van der Waals surface area contributed by atoms with E-state index in [2.05, 4.69) is 10.2 Å². The van der Waals surface area contributed by atoms with Crippen LogP contribution in [-0.2, 0) is 6.54 Å². The van der Waals surface area contributed by atoms with Crippen molar-refractivity contribution in [1.82, 2.24) is 14.8 Å². The van der Waals surface area contributed by atoms with Crippen molar-refractivity contribution in [3.8, 4) is 0 Å². The zero-order chi connectivity index (χ0) is 13.3. The van der Waals surface area contributed by atoms with Crippen LogP contribution >= 0.6 is 11.8 Å². The van der Waals surface area contributed by atoms with E-state index in [0.717, 1.165) is 17.8 Å². The van der Waals surface area contributed by atoms with Crippen LogP contribution in [0.15, 0.2) is 27.0 Å². The van der Waals surface area contributed by atoms with Crippen molar-refractivity contribution in [1.29, 1.82) is 0 Å². The number of aromatic amines is 1. The Kier molecular flexibility index (Phi) is 3.37. The highest BCUT2D eigenvalue weighted by molar-refractivity contribution is 7.99. The van der Waals surface area contributed by atoms with Gasteiger partial charge in [0.05, 0.1) is 4.90 Å². The Bertz CT molecular complexity index is 637. The molecule has 0 aliphatic carbocycles. The number of nitrogens with zero attached hydrogens (tertiary/aromatic N) is 2. The molecule has 2 rings (SSSR count). The number of rotatable bonds is 3. The number of hydrogen-bond donors (Lipinski definition) is 2. The van der Waals surface area contributed by atoms with E-state index >= 15 is 0 Å². The van der Waals surface area contributed by atoms with E-state index in [-0.39, 0.29) is 15.7 Å². The third kappa shape index (κ3) is 2.10. The van der Waals surface area contributed by atoms with Gasteiger partial charge < -0.3 is 5.73 Å². The maximum absolute atomic E-state index is 13.6. The smallest absolute Gasteiger partial charge is 0.343 e. The summed E-state index contributed by atoms with van der Waals surface area (Å²) in [6.07, 6.45) is 0. The summed E-state index contributed by atoms with van der Waals surface area (Å²) in [5.74, 6) is -2.04. The molecule has 0 amide bonds. The molecule has 0 radical (unpaired) electrons. The van der Waals surface area contributed by atoms with E-state index in [9.17, 15) is 13.6 Å². The van der Waals surface area contributed by atoms with Gasteiger partial charge in [0.15, 0.2) is 16.8 Å². The van der Waals surface area contributed by atoms with E-state index in [1.165, 1.54) is 10.6 Å². The van der Waals surface area contributed by atoms with E-state index in [4.69, 9.17) is 5.73 Å². The lowest BCUT2D eigenvalue weighted by molar-refractivity contribution is 0.492. The fourth-order valence-corrected chi connectivity index (χ4v) is 2.37. The van der Waals surface area contributed by atoms with Crippen molar-refractivity contribution >= 4 is 17.4 Å². The first-order valence-corrected chi connectivity index (χ1v) is 5.92. The Morgan fingerprint density at radius 1 is 1.50 bits per heavy atom. The van der Waals surface area contributed by atoms with Crippen molar-refractivity contribution in [2.45, 2.75) is 23.5 Å². The largest absolute Gasteiger partial charge is 0.398 e. The molecule has 96 valence electrons. The first-order chi connectivity index (χ1) is 8.54. The predicted molar refractivity (Wildman–Crippen MR) is 63.4 cm³/mol. The molecule has 0 spiro atoms. The molecule has 1 aromatic carbocycles. The third-order valence-electron chi connectivity index (χ3n) is 2.31. The molecule has 3 N–H and O–H groups in total. The minimum Gasteiger partial charge on any atom is -0.398 e. The summed E-state index contributed by atoms with van der Waals surface area (Å²) in [4.78, 5) is 11.3. The zero-order valence-electron chi connectivity index (χ0n) is 9.41. The van der Waals surface area contributed by atoms with E-state index in [1.807, 2.05) is 0 Å². The van der Waals surface area contributed by atoms with Crippen LogP contribution in [0, 0.1) is 11.6 Å². The maximum Gasteiger partial charge on any atom is 0.343 e. The summed E-state index contributed by atoms with van der Waals surface area (Å²) < 4.78 is 28.0. The van der Waals surface area contributed by atoms with E-state index in [1.54, 1.807) is 6.92 Å². The first-order valence-electron chi connectivity index (χ1n) is 5.11. The lowest BCUT2D eigenvalue weighted by atomic mass is 10.3. The number of halogens is 2. The molecule has 0 aliphatic heterocycles. The number of H-pyrrole nitrogens is 1. The van der Waals surface area contributed by atoms with Crippen LogP contribution in [0.1, 0.15) is 6.92 Å². The first kappa shape index (κ1) is 12.6. The number of nitrogen functional groups attached to an aromatic ring is 1. The molecule has 18 heavy (non-hydrogen) atoms. The van der Waals surface area contributed by atoms with Crippen LogP contribution in [-0.4, -0.2) is 14.8 Å². The Balaban J connectivity index is 2.46. The van der Waals surface area contributed by atoms with Crippen LogP contribution in [0.2, 0.25) is 0 Å². The molecule has 0 unspecified atom stereocenters. The number of benzene rings is 1. The molecule has 0 saturated heterocycles. The molecule has 0 saturated carbocycles. The van der Waals surface area contributed by atoms with Gasteiger partial charge in [-0.25, -0.2) is 18.7 Å². The molecular formula is C10H10F2N4OS. The highest BCUT2D eigenvalue weighted by Gasteiger charge is 2.17. The van der Waals surface area contributed by atoms with Crippen molar-refractivity contribution in [3.05, 3.63) is 34.3 Å². The number of hydrogen-bond acceptors (Lipinski definition) is 4. The monoisotopic (exact) mass is 272 g/mol. The summed E-state index contributed by atoms with van der Waals surface area (Å²) in [6, 6.07) is 2.22. The standard InChI is InChI=1S/C10H10F2N4OS/c1-2-16-9(17)14-15-10(16)18-8-6(13)4-3-5(11)7(8)12/h3-4H,2,13H2,1H3,(H,14,17). The molecule has 0 fully saturated rings. The van der Waals surface area contributed by atoms with Crippen LogP contribution in [0.25, 0.3) is 0 Å². The molecule has 0 aliphatic rings. The number of aromatic nitrogens is 3. The second-order valence-electron chi connectivity index (χ2n) is 3.44. The number of nitrogens with one attached hydrogen (secondary N) is 1. The van der Waals surface area contributed by atoms with Gasteiger partial charge in [0.2, 0.25) is 0 Å². The van der Waals surface area contributed by atoms with Gasteiger partial charge in [-0.05, 0) is 30.8 Å². The highest BCUT2D eigenvalue weighted by Crippen LogP contribution is 2.33. The van der Waals surface area contributed by atoms with E-state index in [0.29, 0.717) is 6.54 Å². The van der Waals surface area contributed by atoms with Gasteiger partial charge in [-0.15, -0.1) is 5.10 Å². The van der Waals surface area contributed by atoms with Gasteiger partial charge in [-0.2, -0.15) is 0 Å². The Labute approximate surface area is 105 Å². The summed E-state index contributed by atoms with van der Waals surface area (Å²) in [7, 11) is 0. The van der Waals surface area contributed by atoms with Gasteiger partial charge in [-0.1, -0.05) is 0 Å². The number of nitrogens with two attached hydrogens (primary N) is 1. The van der Waals surface area contributed by atoms with Crippen molar-refractivity contribution in [2.24, 2.45) is 0 Å². The second kappa shape index (κ2) is 4.81. The van der Waals surface area contributed by atoms with Crippen LogP contribution in [0.4, 0.5) is 14.5 Å². The molecule has 2 aromatic rings. The molecule has 8 heteroatoms. The highest BCUT2D eigenvalue weighted by atomic mass is 32.2. The lowest BCUT2D eigenvalue weighted by Crippen LogP contribution is -2.16. The average molecular weight is 272 g/mol. The van der Waals surface area contributed by atoms with Gasteiger partial charge >= 0.3 is 5.69 Å². The van der Waals surface area contributed by atoms with E-state index < -0.39 is 17.3 Å². The van der Waals surface area contributed by atoms with Gasteiger partial charge in [0.25, 0.3) is 0 Å². The third-order valence-corrected chi connectivity index (χ3v) is 3.43. The number of anilines is 1. The quantitative estimate of drug-likeness (QED) is 0.832. The van der Waals surface area contributed by atoms with Crippen molar-refractivity contribution < 1.29 is 8.78 Å². The fourth-order valence-electron chi connectivity index (χ4n) is 1.40. The molecule has 5 nitrogen and oxygen atoms in total. The lowest BCUT2D eigenvalue weighted by Gasteiger charge is -2.07. The SMILES string of the molecule is CCn1c(Sc2c(N)ccc(F)c2F)n[nH]c1=O. The Morgan fingerprint density at radius 3 is 2.89 bits per heavy atom. The summed E-state index contributed by atoms with van der Waals surface area (Å²) in [5, 5.41) is 6.21. The predicted octanol–water partition coefficient (Wildman–Crippen LogP) is 1.60. The summed E-state index contributed by atoms with van der Waals surface area (Å²) in [5.41, 5.74) is 5.27. The van der Waals surface area contributed by atoms with Crippen LogP contribution < -0.4 is 11.4 Å². The molecule has 1 aromatic heterocycles. The van der Waals surface area contributed by atoms with Gasteiger partial charge in [0.1, 0.15) is 0 Å². The average Bonchev–Trinajstić information content (AvgIpc) is 2.70. The topological polar surface area (TPSA) is 76.7 Å². The van der Waals surface area contributed by atoms with Gasteiger partial charge in [0, 0.05) is 12.2 Å². The molecule has 1 heterocycles. The van der Waals surface area contributed by atoms with Crippen molar-refractivity contribution in [2.75, 3.05) is 5.73 Å². The maximum atomic E-state index is 13.6. The van der Waals surface area contributed by atoms with Gasteiger partial charge in [-0.3, -0.25) is 4.57 Å². The molecule has 0 atom stereocenters. The Hall–Kier alpha value is -1.83. The van der Waals surface area contributed by atoms with Crippen LogP contribution in [0.3, 0.4) is 0 Å². The summed E-state index contributed by atoms with van der Waals surface area (Å²) >= 11 is 0.808. The fraction of sp³-hybridized carbons (Fsp3) is 0.200. The normalized spacial score (nSPS) is 10.8. The van der Waals surface area contributed by atoms with Crippen molar-refractivity contribution in [3.63, 3.8) is 0 Å².